The summed E-state index contributed by atoms with van der Waals surface area (Å²) in [7, 11) is -3.84. The normalized spacial score (nSPS) is 15.4. The van der Waals surface area contributed by atoms with Gasteiger partial charge in [0.05, 0.1) is 4.90 Å². The molecule has 128 valence electrons. The topological polar surface area (TPSA) is 101 Å². The third-order valence-electron chi connectivity index (χ3n) is 3.96. The van der Waals surface area contributed by atoms with Crippen molar-refractivity contribution in [1.82, 2.24) is 10.5 Å². The van der Waals surface area contributed by atoms with Crippen molar-refractivity contribution in [3.63, 3.8) is 0 Å². The van der Waals surface area contributed by atoms with E-state index in [1.807, 2.05) is 0 Å². The number of carbonyl (C=O) groups is 1. The van der Waals surface area contributed by atoms with Gasteiger partial charge in [0.2, 0.25) is 0 Å². The van der Waals surface area contributed by atoms with E-state index in [9.17, 15) is 13.2 Å². The van der Waals surface area contributed by atoms with Gasteiger partial charge in [0.15, 0.2) is 5.82 Å². The van der Waals surface area contributed by atoms with Crippen molar-refractivity contribution in [1.29, 1.82) is 0 Å². The van der Waals surface area contributed by atoms with Gasteiger partial charge < -0.3 is 9.84 Å². The number of nitrogens with one attached hydrogen (secondary N) is 2. The molecule has 1 aromatic heterocycles. The zero-order valence-corrected chi connectivity index (χ0v) is 14.1. The molecule has 0 spiro atoms. The smallest absolute Gasteiger partial charge is 0.263 e. The van der Waals surface area contributed by atoms with Crippen LogP contribution < -0.4 is 10.0 Å². The summed E-state index contributed by atoms with van der Waals surface area (Å²) in [5, 5.41) is 6.55. The molecule has 0 bridgehead atoms. The minimum Gasteiger partial charge on any atom is -0.360 e. The molecule has 0 radical (unpaired) electrons. The Bertz CT molecular complexity index is 839. The summed E-state index contributed by atoms with van der Waals surface area (Å²) in [6.45, 7) is 1.67. The largest absolute Gasteiger partial charge is 0.360 e. The predicted molar refractivity (Wildman–Crippen MR) is 88.2 cm³/mol. The Labute approximate surface area is 140 Å². The molecule has 1 aromatic carbocycles. The molecule has 7 nitrogen and oxygen atoms in total. The number of hydrogen-bond donors (Lipinski definition) is 2. The summed E-state index contributed by atoms with van der Waals surface area (Å²) in [4.78, 5) is 12.3. The summed E-state index contributed by atoms with van der Waals surface area (Å²) >= 11 is 0. The average molecular weight is 349 g/mol. The number of hydrogen-bond acceptors (Lipinski definition) is 5. The van der Waals surface area contributed by atoms with Crippen LogP contribution in [0.2, 0.25) is 0 Å². The molecule has 0 unspecified atom stereocenters. The van der Waals surface area contributed by atoms with Gasteiger partial charge in [-0.3, -0.25) is 9.52 Å². The van der Waals surface area contributed by atoms with Crippen molar-refractivity contribution in [2.24, 2.45) is 0 Å². The van der Waals surface area contributed by atoms with Gasteiger partial charge >= 0.3 is 0 Å². The van der Waals surface area contributed by atoms with Crippen LogP contribution in [0.25, 0.3) is 0 Å². The predicted octanol–water partition coefficient (Wildman–Crippen LogP) is 2.46. The van der Waals surface area contributed by atoms with Crippen molar-refractivity contribution in [3.8, 4) is 0 Å². The summed E-state index contributed by atoms with van der Waals surface area (Å²) in [5.41, 5.74) is 0.320. The van der Waals surface area contributed by atoms with Crippen LogP contribution in [0.1, 0.15) is 41.8 Å². The summed E-state index contributed by atoms with van der Waals surface area (Å²) < 4.78 is 32.0. The third-order valence-corrected chi connectivity index (χ3v) is 5.32. The summed E-state index contributed by atoms with van der Waals surface area (Å²) in [6, 6.07) is 7.60. The van der Waals surface area contributed by atoms with Crippen molar-refractivity contribution in [3.05, 3.63) is 41.7 Å². The zero-order chi connectivity index (χ0) is 17.2. The number of aryl methyl sites for hydroxylation is 1. The highest BCUT2D eigenvalue weighted by Crippen LogP contribution is 2.20. The van der Waals surface area contributed by atoms with Gasteiger partial charge in [-0.1, -0.05) is 24.1 Å². The van der Waals surface area contributed by atoms with Crippen LogP contribution in [-0.2, 0) is 10.0 Å². The fourth-order valence-electron chi connectivity index (χ4n) is 2.75. The van der Waals surface area contributed by atoms with Crippen LogP contribution >= 0.6 is 0 Å². The van der Waals surface area contributed by atoms with E-state index < -0.39 is 10.0 Å². The first-order valence-corrected chi connectivity index (χ1v) is 9.29. The fourth-order valence-corrected chi connectivity index (χ4v) is 3.78. The Kier molecular flexibility index (Phi) is 4.57. The first kappa shape index (κ1) is 16.5. The molecule has 8 heteroatoms. The molecule has 0 aliphatic heterocycles. The third kappa shape index (κ3) is 3.76. The molecule has 1 heterocycles. The fraction of sp³-hybridized carbons (Fsp3) is 0.375. The Hall–Kier alpha value is -2.35. The highest BCUT2D eigenvalue weighted by molar-refractivity contribution is 7.92. The lowest BCUT2D eigenvalue weighted by Gasteiger charge is -2.12. The number of nitrogens with zero attached hydrogens (tertiary/aromatic N) is 1. The van der Waals surface area contributed by atoms with Crippen molar-refractivity contribution < 1.29 is 17.7 Å². The van der Waals surface area contributed by atoms with Crippen LogP contribution in [0.15, 0.2) is 39.8 Å². The Morgan fingerprint density at radius 2 is 2.00 bits per heavy atom. The first-order valence-electron chi connectivity index (χ1n) is 7.81. The zero-order valence-electron chi connectivity index (χ0n) is 13.3. The standard InChI is InChI=1S/C16H19N3O4S/c1-11-9-15(18-23-11)19-24(21,22)14-8-4-5-12(10-14)16(20)17-13-6-2-3-7-13/h4-5,8-10,13H,2-3,6-7H2,1H3,(H,17,20)(H,18,19). The SMILES string of the molecule is Cc1cc(NS(=O)(=O)c2cccc(C(=O)NC3CCCC3)c2)no1. The maximum Gasteiger partial charge on any atom is 0.263 e. The number of aromatic nitrogens is 1. The highest BCUT2D eigenvalue weighted by atomic mass is 32.2. The molecule has 1 fully saturated rings. The maximum absolute atomic E-state index is 12.4. The highest BCUT2D eigenvalue weighted by Gasteiger charge is 2.21. The number of rotatable bonds is 5. The Morgan fingerprint density at radius 1 is 1.25 bits per heavy atom. The lowest BCUT2D eigenvalue weighted by atomic mass is 10.2. The van der Waals surface area contributed by atoms with Gasteiger partial charge in [0.1, 0.15) is 5.76 Å². The van der Waals surface area contributed by atoms with E-state index in [4.69, 9.17) is 4.52 Å². The van der Waals surface area contributed by atoms with Crippen LogP contribution in [0.5, 0.6) is 0 Å². The maximum atomic E-state index is 12.4. The summed E-state index contributed by atoms with van der Waals surface area (Å²) in [6.07, 6.45) is 4.16. The van der Waals surface area contributed by atoms with Crippen LogP contribution in [0.3, 0.4) is 0 Å². The second kappa shape index (κ2) is 6.64. The summed E-state index contributed by atoms with van der Waals surface area (Å²) in [5.74, 6) is 0.349. The molecule has 0 atom stereocenters. The lowest BCUT2D eigenvalue weighted by Crippen LogP contribution is -2.32. The molecule has 2 N–H and O–H groups in total. The van der Waals surface area contributed by atoms with Crippen molar-refractivity contribution in [2.75, 3.05) is 4.72 Å². The van der Waals surface area contributed by atoms with Gasteiger partial charge in [-0.2, -0.15) is 0 Å². The van der Waals surface area contributed by atoms with E-state index in [1.54, 1.807) is 19.1 Å². The molecule has 1 aliphatic carbocycles. The molecule has 3 rings (SSSR count). The number of carbonyl (C=O) groups excluding carboxylic acids is 1. The second-order valence-electron chi connectivity index (χ2n) is 5.91. The number of sulfonamides is 1. The number of anilines is 1. The van der Waals surface area contributed by atoms with Gasteiger partial charge in [0.25, 0.3) is 15.9 Å². The van der Waals surface area contributed by atoms with E-state index in [1.165, 1.54) is 18.2 Å². The van der Waals surface area contributed by atoms with Gasteiger partial charge in [0, 0.05) is 17.7 Å². The van der Waals surface area contributed by atoms with E-state index >= 15 is 0 Å². The monoisotopic (exact) mass is 349 g/mol. The molecular weight excluding hydrogens is 330 g/mol. The Balaban J connectivity index is 1.77. The second-order valence-corrected chi connectivity index (χ2v) is 7.59. The van der Waals surface area contributed by atoms with Crippen molar-refractivity contribution >= 4 is 21.7 Å². The van der Waals surface area contributed by atoms with Gasteiger partial charge in [-0.15, -0.1) is 0 Å². The van der Waals surface area contributed by atoms with E-state index in [0.717, 1.165) is 25.7 Å². The van der Waals surface area contributed by atoms with Crippen molar-refractivity contribution in [2.45, 2.75) is 43.5 Å². The van der Waals surface area contributed by atoms with Crippen LogP contribution in [0.4, 0.5) is 5.82 Å². The molecule has 1 amide bonds. The molecule has 24 heavy (non-hydrogen) atoms. The average Bonchev–Trinajstić information content (AvgIpc) is 3.19. The number of amides is 1. The first-order chi connectivity index (χ1) is 11.4. The van der Waals surface area contributed by atoms with Crippen LogP contribution in [-0.4, -0.2) is 25.5 Å². The lowest BCUT2D eigenvalue weighted by molar-refractivity contribution is 0.0937. The molecule has 1 aliphatic rings. The molecule has 2 aromatic rings. The minimum absolute atomic E-state index is 0.00206. The van der Waals surface area contributed by atoms with E-state index in [-0.39, 0.29) is 22.7 Å². The van der Waals surface area contributed by atoms with Crippen LogP contribution in [0, 0.1) is 6.92 Å². The molecular formula is C16H19N3O4S. The molecule has 0 saturated heterocycles. The van der Waals surface area contributed by atoms with Gasteiger partial charge in [-0.05, 0) is 38.0 Å². The number of benzene rings is 1. The molecule has 1 saturated carbocycles. The van der Waals surface area contributed by atoms with E-state index in [0.29, 0.717) is 11.3 Å². The quantitative estimate of drug-likeness (QED) is 0.863. The van der Waals surface area contributed by atoms with E-state index in [2.05, 4.69) is 15.2 Å². The van der Waals surface area contributed by atoms with Gasteiger partial charge in [-0.25, -0.2) is 8.42 Å². The Morgan fingerprint density at radius 3 is 2.67 bits per heavy atom. The minimum atomic E-state index is -3.84.